The molecule has 21 heavy (non-hydrogen) atoms. The van der Waals surface area contributed by atoms with Gasteiger partial charge in [0, 0.05) is 33.4 Å². The summed E-state index contributed by atoms with van der Waals surface area (Å²) in [4.78, 5) is 23.5. The fourth-order valence-electron chi connectivity index (χ4n) is 1.92. The van der Waals surface area contributed by atoms with E-state index in [9.17, 15) is 20.0 Å². The number of hydrogen-bond donors (Lipinski definition) is 1. The number of nitro benzene ring substituents is 1. The van der Waals surface area contributed by atoms with Crippen LogP contribution in [-0.2, 0) is 9.47 Å². The van der Waals surface area contributed by atoms with E-state index in [2.05, 4.69) is 0 Å². The molecule has 0 saturated carbocycles. The monoisotopic (exact) mass is 298 g/mol. The lowest BCUT2D eigenvalue weighted by atomic mass is 10.1. The van der Waals surface area contributed by atoms with Crippen molar-refractivity contribution in [3.05, 3.63) is 33.9 Å². The van der Waals surface area contributed by atoms with E-state index < -0.39 is 10.9 Å². The van der Waals surface area contributed by atoms with E-state index in [0.29, 0.717) is 26.3 Å². The normalized spacial score (nSPS) is 10.4. The second-order valence-corrected chi connectivity index (χ2v) is 4.21. The van der Waals surface area contributed by atoms with Gasteiger partial charge < -0.3 is 19.5 Å². The number of aromatic carboxylic acids is 1. The summed E-state index contributed by atoms with van der Waals surface area (Å²) in [6, 6.07) is 3.99. The quantitative estimate of drug-likeness (QED) is 0.543. The van der Waals surface area contributed by atoms with Crippen molar-refractivity contribution in [2.75, 3.05) is 45.4 Å². The molecule has 0 spiro atoms. The van der Waals surface area contributed by atoms with Crippen LogP contribution in [0.2, 0.25) is 0 Å². The molecule has 0 aliphatic carbocycles. The number of anilines is 1. The van der Waals surface area contributed by atoms with E-state index in [0.717, 1.165) is 0 Å². The van der Waals surface area contributed by atoms with Gasteiger partial charge in [-0.25, -0.2) is 4.79 Å². The van der Waals surface area contributed by atoms with Crippen molar-refractivity contribution in [2.45, 2.75) is 0 Å². The maximum absolute atomic E-state index is 11.3. The molecule has 0 atom stereocenters. The number of carboxylic acids is 1. The van der Waals surface area contributed by atoms with Gasteiger partial charge in [0.05, 0.1) is 23.7 Å². The van der Waals surface area contributed by atoms with Crippen LogP contribution < -0.4 is 4.90 Å². The SMILES string of the molecule is COCCN(CCOC)c1c(C(=O)O)cccc1[N+](=O)[O-]. The van der Waals surface area contributed by atoms with E-state index in [-0.39, 0.29) is 16.9 Å². The molecule has 8 heteroatoms. The van der Waals surface area contributed by atoms with Crippen molar-refractivity contribution < 1.29 is 24.3 Å². The van der Waals surface area contributed by atoms with Crippen molar-refractivity contribution in [1.82, 2.24) is 0 Å². The second-order valence-electron chi connectivity index (χ2n) is 4.21. The Morgan fingerprint density at radius 2 is 1.86 bits per heavy atom. The Morgan fingerprint density at radius 3 is 2.29 bits per heavy atom. The molecule has 0 aliphatic heterocycles. The van der Waals surface area contributed by atoms with Gasteiger partial charge in [-0.1, -0.05) is 6.07 Å². The highest BCUT2D eigenvalue weighted by Crippen LogP contribution is 2.32. The molecular weight excluding hydrogens is 280 g/mol. The Kier molecular flexibility index (Phi) is 6.57. The van der Waals surface area contributed by atoms with E-state index in [1.807, 2.05) is 0 Å². The first-order chi connectivity index (χ1) is 10.0. The summed E-state index contributed by atoms with van der Waals surface area (Å²) >= 11 is 0. The largest absolute Gasteiger partial charge is 0.478 e. The third-order valence-corrected chi connectivity index (χ3v) is 2.89. The van der Waals surface area contributed by atoms with Gasteiger partial charge in [-0.15, -0.1) is 0 Å². The summed E-state index contributed by atoms with van der Waals surface area (Å²) in [7, 11) is 3.01. The molecule has 116 valence electrons. The maximum Gasteiger partial charge on any atom is 0.338 e. The lowest BCUT2D eigenvalue weighted by molar-refractivity contribution is -0.384. The molecule has 0 amide bonds. The Bertz CT molecular complexity index is 465. The van der Waals surface area contributed by atoms with Crippen LogP contribution in [0.4, 0.5) is 11.4 Å². The van der Waals surface area contributed by atoms with Crippen LogP contribution in [0, 0.1) is 10.1 Å². The summed E-state index contributed by atoms with van der Waals surface area (Å²) in [5, 5.41) is 20.4. The van der Waals surface area contributed by atoms with Crippen molar-refractivity contribution in [1.29, 1.82) is 0 Å². The van der Waals surface area contributed by atoms with Crippen LogP contribution in [0.5, 0.6) is 0 Å². The summed E-state index contributed by atoms with van der Waals surface area (Å²) in [5.74, 6) is -1.21. The number of ether oxygens (including phenoxy) is 2. The zero-order chi connectivity index (χ0) is 15.8. The lowest BCUT2D eigenvalue weighted by Gasteiger charge is -2.25. The molecule has 1 aromatic carbocycles. The van der Waals surface area contributed by atoms with Gasteiger partial charge in [0.1, 0.15) is 5.69 Å². The van der Waals surface area contributed by atoms with Gasteiger partial charge in [0.2, 0.25) is 0 Å². The molecule has 0 aliphatic rings. The minimum absolute atomic E-state index is 0.0732. The molecule has 0 radical (unpaired) electrons. The zero-order valence-corrected chi connectivity index (χ0v) is 11.9. The molecular formula is C13H18N2O6. The number of nitrogens with zero attached hydrogens (tertiary/aromatic N) is 2. The number of nitro groups is 1. The van der Waals surface area contributed by atoms with E-state index >= 15 is 0 Å². The lowest BCUT2D eigenvalue weighted by Crippen LogP contribution is -2.32. The first-order valence-corrected chi connectivity index (χ1v) is 6.26. The summed E-state index contributed by atoms with van der Waals surface area (Å²) in [6.07, 6.45) is 0. The second kappa shape index (κ2) is 8.18. The highest BCUT2D eigenvalue weighted by molar-refractivity contribution is 5.97. The van der Waals surface area contributed by atoms with Crippen LogP contribution >= 0.6 is 0 Å². The fourth-order valence-corrected chi connectivity index (χ4v) is 1.92. The van der Waals surface area contributed by atoms with Crippen LogP contribution in [0.25, 0.3) is 0 Å². The average molecular weight is 298 g/mol. The number of carboxylic acid groups (broad SMARTS) is 1. The molecule has 1 aromatic rings. The Labute approximate surface area is 122 Å². The Morgan fingerprint density at radius 1 is 1.29 bits per heavy atom. The van der Waals surface area contributed by atoms with Crippen molar-refractivity contribution in [2.24, 2.45) is 0 Å². The maximum atomic E-state index is 11.3. The van der Waals surface area contributed by atoms with E-state index in [1.54, 1.807) is 4.90 Å². The summed E-state index contributed by atoms with van der Waals surface area (Å²) < 4.78 is 9.95. The average Bonchev–Trinajstić information content (AvgIpc) is 2.46. The molecule has 0 heterocycles. The molecule has 0 bridgehead atoms. The first kappa shape index (κ1) is 16.9. The third-order valence-electron chi connectivity index (χ3n) is 2.89. The zero-order valence-electron chi connectivity index (χ0n) is 11.9. The van der Waals surface area contributed by atoms with Gasteiger partial charge in [-0.05, 0) is 6.07 Å². The Hall–Kier alpha value is -2.19. The number of hydrogen-bond acceptors (Lipinski definition) is 6. The number of rotatable bonds is 9. The standard InChI is InChI=1S/C13H18N2O6/c1-20-8-6-14(7-9-21-2)12-10(13(16)17)4-3-5-11(12)15(18)19/h3-5H,6-9H2,1-2H3,(H,16,17). The third kappa shape index (κ3) is 4.40. The molecule has 0 aromatic heterocycles. The number of carbonyl (C=O) groups is 1. The predicted molar refractivity (Wildman–Crippen MR) is 76.0 cm³/mol. The molecule has 8 nitrogen and oxygen atoms in total. The highest BCUT2D eigenvalue weighted by Gasteiger charge is 2.26. The highest BCUT2D eigenvalue weighted by atomic mass is 16.6. The van der Waals surface area contributed by atoms with E-state index in [4.69, 9.17) is 9.47 Å². The van der Waals surface area contributed by atoms with Gasteiger partial charge in [0.15, 0.2) is 0 Å². The van der Waals surface area contributed by atoms with Crippen LogP contribution in [0.15, 0.2) is 18.2 Å². The molecule has 1 N–H and O–H groups in total. The minimum atomic E-state index is -1.21. The van der Waals surface area contributed by atoms with E-state index in [1.165, 1.54) is 32.4 Å². The smallest absolute Gasteiger partial charge is 0.338 e. The number of methoxy groups -OCH3 is 2. The first-order valence-electron chi connectivity index (χ1n) is 6.26. The molecule has 0 unspecified atom stereocenters. The van der Waals surface area contributed by atoms with Gasteiger partial charge >= 0.3 is 5.97 Å². The number of benzene rings is 1. The predicted octanol–water partition coefficient (Wildman–Crippen LogP) is 1.39. The topological polar surface area (TPSA) is 102 Å². The molecule has 0 fully saturated rings. The van der Waals surface area contributed by atoms with Crippen LogP contribution in [-0.4, -0.2) is 56.5 Å². The van der Waals surface area contributed by atoms with Crippen molar-refractivity contribution in [3.63, 3.8) is 0 Å². The van der Waals surface area contributed by atoms with Crippen molar-refractivity contribution >= 4 is 17.3 Å². The molecule has 1 rings (SSSR count). The number of para-hydroxylation sites is 1. The fraction of sp³-hybridized carbons (Fsp3) is 0.462. The van der Waals surface area contributed by atoms with Gasteiger partial charge in [-0.2, -0.15) is 0 Å². The van der Waals surface area contributed by atoms with Gasteiger partial charge in [-0.3, -0.25) is 10.1 Å². The summed E-state index contributed by atoms with van der Waals surface area (Å²) in [6.45, 7) is 1.28. The van der Waals surface area contributed by atoms with Crippen LogP contribution in [0.3, 0.4) is 0 Å². The summed E-state index contributed by atoms with van der Waals surface area (Å²) in [5.41, 5.74) is -0.289. The van der Waals surface area contributed by atoms with Crippen molar-refractivity contribution in [3.8, 4) is 0 Å². The van der Waals surface area contributed by atoms with Crippen LogP contribution in [0.1, 0.15) is 10.4 Å². The minimum Gasteiger partial charge on any atom is -0.478 e. The molecule has 0 saturated heterocycles. The Balaban J connectivity index is 3.30. The van der Waals surface area contributed by atoms with Gasteiger partial charge in [0.25, 0.3) is 5.69 Å².